The van der Waals surface area contributed by atoms with Gasteiger partial charge in [-0.05, 0) is 25.1 Å². The molecule has 94 valence electrons. The van der Waals surface area contributed by atoms with Gasteiger partial charge in [0.2, 0.25) is 0 Å². The molecule has 0 radical (unpaired) electrons. The van der Waals surface area contributed by atoms with Gasteiger partial charge in [-0.1, -0.05) is 6.92 Å². The minimum absolute atomic E-state index is 0.204. The standard InChI is InChI=1S/C12H16FNO2S/c1-3-16-12(15)8(2)7-17-11-5-4-9(13)6-10(11)14/h4-6,8H,3,7,14H2,1-2H3. The molecule has 0 saturated heterocycles. The summed E-state index contributed by atoms with van der Waals surface area (Å²) < 4.78 is 17.7. The monoisotopic (exact) mass is 257 g/mol. The molecule has 0 spiro atoms. The Balaban J connectivity index is 2.52. The van der Waals surface area contributed by atoms with E-state index >= 15 is 0 Å². The number of carbonyl (C=O) groups is 1. The van der Waals surface area contributed by atoms with Crippen molar-refractivity contribution in [3.8, 4) is 0 Å². The number of benzene rings is 1. The maximum absolute atomic E-state index is 12.8. The second kappa shape index (κ2) is 6.49. The molecule has 0 fully saturated rings. The molecule has 0 aromatic heterocycles. The van der Waals surface area contributed by atoms with Crippen LogP contribution in [0, 0.1) is 11.7 Å². The van der Waals surface area contributed by atoms with Crippen molar-refractivity contribution in [2.24, 2.45) is 5.92 Å². The van der Waals surface area contributed by atoms with E-state index in [9.17, 15) is 9.18 Å². The van der Waals surface area contributed by atoms with Crippen molar-refractivity contribution >= 4 is 23.4 Å². The third-order valence-corrected chi connectivity index (χ3v) is 3.50. The summed E-state index contributed by atoms with van der Waals surface area (Å²) in [7, 11) is 0. The summed E-state index contributed by atoms with van der Waals surface area (Å²) in [4.78, 5) is 12.2. The number of nitrogen functional groups attached to an aromatic ring is 1. The fraction of sp³-hybridized carbons (Fsp3) is 0.417. The molecule has 0 heterocycles. The normalized spacial score (nSPS) is 12.2. The molecule has 0 aliphatic rings. The minimum atomic E-state index is -0.356. The summed E-state index contributed by atoms with van der Waals surface area (Å²) in [5.74, 6) is -0.218. The van der Waals surface area contributed by atoms with Gasteiger partial charge in [-0.15, -0.1) is 11.8 Å². The third kappa shape index (κ3) is 4.26. The van der Waals surface area contributed by atoms with Gasteiger partial charge < -0.3 is 10.5 Å². The van der Waals surface area contributed by atoms with E-state index in [1.165, 1.54) is 23.9 Å². The van der Waals surface area contributed by atoms with Crippen LogP contribution in [-0.2, 0) is 9.53 Å². The topological polar surface area (TPSA) is 52.3 Å². The highest BCUT2D eigenvalue weighted by molar-refractivity contribution is 7.99. The number of rotatable bonds is 5. The Hall–Kier alpha value is -1.23. The molecule has 1 unspecified atom stereocenters. The molecule has 0 bridgehead atoms. The van der Waals surface area contributed by atoms with Gasteiger partial charge in [0.25, 0.3) is 0 Å². The van der Waals surface area contributed by atoms with E-state index in [0.29, 0.717) is 18.0 Å². The van der Waals surface area contributed by atoms with Crippen molar-refractivity contribution in [3.63, 3.8) is 0 Å². The van der Waals surface area contributed by atoms with Crippen molar-refractivity contribution in [1.82, 2.24) is 0 Å². The average molecular weight is 257 g/mol. The second-order valence-corrected chi connectivity index (χ2v) is 4.71. The predicted molar refractivity (Wildman–Crippen MR) is 67.3 cm³/mol. The highest BCUT2D eigenvalue weighted by atomic mass is 32.2. The molecule has 1 rings (SSSR count). The molecule has 0 saturated carbocycles. The molecule has 0 amide bonds. The first-order valence-corrected chi connectivity index (χ1v) is 6.37. The van der Waals surface area contributed by atoms with E-state index in [-0.39, 0.29) is 17.7 Å². The molecule has 1 atom stereocenters. The van der Waals surface area contributed by atoms with Crippen LogP contribution >= 0.6 is 11.8 Å². The minimum Gasteiger partial charge on any atom is -0.466 e. The lowest BCUT2D eigenvalue weighted by Crippen LogP contribution is -2.16. The van der Waals surface area contributed by atoms with Crippen LogP contribution in [0.1, 0.15) is 13.8 Å². The van der Waals surface area contributed by atoms with Gasteiger partial charge in [-0.2, -0.15) is 0 Å². The zero-order valence-electron chi connectivity index (χ0n) is 9.90. The van der Waals surface area contributed by atoms with Crippen LogP contribution in [-0.4, -0.2) is 18.3 Å². The Labute approximate surface area is 105 Å². The number of anilines is 1. The molecule has 0 aliphatic heterocycles. The van der Waals surface area contributed by atoms with E-state index < -0.39 is 0 Å². The quantitative estimate of drug-likeness (QED) is 0.500. The molecule has 1 aromatic rings. The number of hydrogen-bond donors (Lipinski definition) is 1. The van der Waals surface area contributed by atoms with Gasteiger partial charge in [0.15, 0.2) is 0 Å². The average Bonchev–Trinajstić information content (AvgIpc) is 2.27. The fourth-order valence-corrected chi connectivity index (χ4v) is 2.17. The van der Waals surface area contributed by atoms with Crippen LogP contribution in [0.5, 0.6) is 0 Å². The van der Waals surface area contributed by atoms with Gasteiger partial charge in [0.1, 0.15) is 5.82 Å². The highest BCUT2D eigenvalue weighted by Crippen LogP contribution is 2.27. The van der Waals surface area contributed by atoms with Crippen molar-refractivity contribution in [2.45, 2.75) is 18.7 Å². The van der Waals surface area contributed by atoms with Crippen LogP contribution in [0.15, 0.2) is 23.1 Å². The van der Waals surface area contributed by atoms with Crippen molar-refractivity contribution < 1.29 is 13.9 Å². The van der Waals surface area contributed by atoms with Gasteiger partial charge in [-0.25, -0.2) is 4.39 Å². The summed E-state index contributed by atoms with van der Waals surface area (Å²) in [5, 5.41) is 0. The smallest absolute Gasteiger partial charge is 0.309 e. The SMILES string of the molecule is CCOC(=O)C(C)CSc1ccc(F)cc1N. The maximum atomic E-state index is 12.8. The van der Waals surface area contributed by atoms with Gasteiger partial charge in [-0.3, -0.25) is 4.79 Å². The molecule has 17 heavy (non-hydrogen) atoms. The first-order valence-electron chi connectivity index (χ1n) is 5.39. The molecule has 1 aromatic carbocycles. The fourth-order valence-electron chi connectivity index (χ4n) is 1.22. The first kappa shape index (κ1) is 13.8. The van der Waals surface area contributed by atoms with Gasteiger partial charge >= 0.3 is 5.97 Å². The molecular weight excluding hydrogens is 241 g/mol. The van der Waals surface area contributed by atoms with Crippen LogP contribution < -0.4 is 5.73 Å². The summed E-state index contributed by atoms with van der Waals surface area (Å²) in [5.41, 5.74) is 6.06. The van der Waals surface area contributed by atoms with Crippen molar-refractivity contribution in [3.05, 3.63) is 24.0 Å². The lowest BCUT2D eigenvalue weighted by Gasteiger charge is -2.11. The zero-order valence-corrected chi connectivity index (χ0v) is 10.7. The van der Waals surface area contributed by atoms with Crippen LogP contribution in [0.2, 0.25) is 0 Å². The number of nitrogens with two attached hydrogens (primary N) is 1. The Morgan fingerprint density at radius 2 is 2.29 bits per heavy atom. The summed E-state index contributed by atoms with van der Waals surface area (Å²) in [6, 6.07) is 4.25. The number of hydrogen-bond acceptors (Lipinski definition) is 4. The second-order valence-electron chi connectivity index (χ2n) is 3.65. The van der Waals surface area contributed by atoms with Crippen LogP contribution in [0.4, 0.5) is 10.1 Å². The zero-order chi connectivity index (χ0) is 12.8. The van der Waals surface area contributed by atoms with E-state index in [2.05, 4.69) is 0 Å². The van der Waals surface area contributed by atoms with Crippen molar-refractivity contribution in [1.29, 1.82) is 0 Å². The maximum Gasteiger partial charge on any atom is 0.309 e. The van der Waals surface area contributed by atoms with E-state index in [4.69, 9.17) is 10.5 Å². The molecule has 2 N–H and O–H groups in total. The molecule has 3 nitrogen and oxygen atoms in total. The largest absolute Gasteiger partial charge is 0.466 e. The lowest BCUT2D eigenvalue weighted by atomic mass is 10.2. The predicted octanol–water partition coefficient (Wildman–Crippen LogP) is 2.70. The summed E-state index contributed by atoms with van der Waals surface area (Å²) in [6.07, 6.45) is 0. The number of ether oxygens (including phenoxy) is 1. The van der Waals surface area contributed by atoms with Gasteiger partial charge in [0, 0.05) is 16.3 Å². The lowest BCUT2D eigenvalue weighted by molar-refractivity contribution is -0.146. The Morgan fingerprint density at radius 1 is 1.59 bits per heavy atom. The Bertz CT molecular complexity index is 398. The van der Waals surface area contributed by atoms with Crippen LogP contribution in [0.3, 0.4) is 0 Å². The number of thioether (sulfide) groups is 1. The number of esters is 1. The van der Waals surface area contributed by atoms with Crippen LogP contribution in [0.25, 0.3) is 0 Å². The summed E-state index contributed by atoms with van der Waals surface area (Å²) in [6.45, 7) is 3.95. The van der Waals surface area contributed by atoms with E-state index in [0.717, 1.165) is 4.90 Å². The number of carbonyl (C=O) groups excluding carboxylic acids is 1. The van der Waals surface area contributed by atoms with Crippen molar-refractivity contribution in [2.75, 3.05) is 18.1 Å². The number of halogens is 1. The van der Waals surface area contributed by atoms with E-state index in [1.54, 1.807) is 19.9 Å². The van der Waals surface area contributed by atoms with Gasteiger partial charge in [0.05, 0.1) is 12.5 Å². The molecule has 0 aliphatic carbocycles. The molecular formula is C12H16FNO2S. The summed E-state index contributed by atoms with van der Waals surface area (Å²) >= 11 is 1.43. The molecule has 5 heteroatoms. The first-order chi connectivity index (χ1) is 8.04. The third-order valence-electron chi connectivity index (χ3n) is 2.15. The van der Waals surface area contributed by atoms with E-state index in [1.807, 2.05) is 0 Å². The highest BCUT2D eigenvalue weighted by Gasteiger charge is 2.14. The Morgan fingerprint density at radius 3 is 2.88 bits per heavy atom. The Kier molecular flexibility index (Phi) is 5.28.